The van der Waals surface area contributed by atoms with E-state index in [4.69, 9.17) is 10.3 Å². The molecule has 5 nitrogen and oxygen atoms in total. The highest BCUT2D eigenvalue weighted by atomic mass is 79.9. The Morgan fingerprint density at radius 3 is 2.70 bits per heavy atom. The normalized spacial score (nSPS) is 12.1. The number of nitrogens with zero attached hydrogens (tertiary/aromatic N) is 1. The standard InChI is InChI=1S/C16H14BrN3O2S/c1-9(10-5-3-2-4-6-10)19-16(21)13-14(20-22-15(13)18)11-7-8-12(17)23-11/h2-9H,18H2,1H3,(H,19,21). The number of thiophene rings is 1. The molecule has 0 fully saturated rings. The van der Waals surface area contributed by atoms with E-state index >= 15 is 0 Å². The van der Waals surface area contributed by atoms with Gasteiger partial charge in [-0.1, -0.05) is 35.5 Å². The van der Waals surface area contributed by atoms with E-state index in [9.17, 15) is 4.79 Å². The van der Waals surface area contributed by atoms with Crippen molar-refractivity contribution in [2.24, 2.45) is 0 Å². The second kappa shape index (κ2) is 6.55. The summed E-state index contributed by atoms with van der Waals surface area (Å²) in [5.74, 6) is -0.290. The average molecular weight is 392 g/mol. The SMILES string of the molecule is CC(NC(=O)c1c(-c2ccc(Br)s2)noc1N)c1ccccc1. The van der Waals surface area contributed by atoms with Crippen LogP contribution >= 0.6 is 27.3 Å². The largest absolute Gasteiger partial charge is 0.367 e. The van der Waals surface area contributed by atoms with Crippen LogP contribution in [0.15, 0.2) is 50.8 Å². The van der Waals surface area contributed by atoms with Crippen LogP contribution in [0, 0.1) is 0 Å². The van der Waals surface area contributed by atoms with Gasteiger partial charge in [0, 0.05) is 0 Å². The number of amides is 1. The first-order chi connectivity index (χ1) is 11.1. The fourth-order valence-electron chi connectivity index (χ4n) is 2.23. The number of rotatable bonds is 4. The molecule has 0 radical (unpaired) electrons. The Morgan fingerprint density at radius 2 is 2.04 bits per heavy atom. The summed E-state index contributed by atoms with van der Waals surface area (Å²) in [5, 5.41) is 6.86. The van der Waals surface area contributed by atoms with Gasteiger partial charge in [-0.05, 0) is 40.5 Å². The van der Waals surface area contributed by atoms with Crippen LogP contribution < -0.4 is 11.1 Å². The van der Waals surface area contributed by atoms with Crippen molar-refractivity contribution in [2.45, 2.75) is 13.0 Å². The molecule has 118 valence electrons. The number of halogens is 1. The summed E-state index contributed by atoms with van der Waals surface area (Å²) in [4.78, 5) is 13.4. The van der Waals surface area contributed by atoms with Gasteiger partial charge in [0.15, 0.2) is 0 Å². The Morgan fingerprint density at radius 1 is 1.30 bits per heavy atom. The summed E-state index contributed by atoms with van der Waals surface area (Å²) in [7, 11) is 0. The van der Waals surface area contributed by atoms with Crippen LogP contribution in [0.2, 0.25) is 0 Å². The highest BCUT2D eigenvalue weighted by molar-refractivity contribution is 9.11. The van der Waals surface area contributed by atoms with Crippen molar-refractivity contribution in [1.82, 2.24) is 10.5 Å². The zero-order valence-electron chi connectivity index (χ0n) is 12.2. The number of benzene rings is 1. The van der Waals surface area contributed by atoms with Crippen LogP contribution in [0.5, 0.6) is 0 Å². The van der Waals surface area contributed by atoms with Crippen molar-refractivity contribution in [1.29, 1.82) is 0 Å². The van der Waals surface area contributed by atoms with Crippen LogP contribution in [-0.2, 0) is 0 Å². The molecule has 0 aliphatic rings. The van der Waals surface area contributed by atoms with E-state index < -0.39 is 0 Å². The molecule has 1 unspecified atom stereocenters. The molecule has 3 rings (SSSR count). The topological polar surface area (TPSA) is 81.2 Å². The molecular formula is C16H14BrN3O2S. The number of carbonyl (C=O) groups is 1. The Kier molecular flexibility index (Phi) is 4.49. The first kappa shape index (κ1) is 15.8. The molecule has 2 aromatic heterocycles. The van der Waals surface area contributed by atoms with Crippen LogP contribution in [-0.4, -0.2) is 11.1 Å². The van der Waals surface area contributed by atoms with Gasteiger partial charge in [0.25, 0.3) is 5.91 Å². The van der Waals surface area contributed by atoms with Crippen LogP contribution in [0.25, 0.3) is 10.6 Å². The molecule has 0 aliphatic heterocycles. The number of nitrogen functional groups attached to an aromatic ring is 1. The Balaban J connectivity index is 1.87. The van der Waals surface area contributed by atoms with Crippen molar-refractivity contribution < 1.29 is 9.32 Å². The van der Waals surface area contributed by atoms with E-state index in [2.05, 4.69) is 26.4 Å². The lowest BCUT2D eigenvalue weighted by Gasteiger charge is -2.14. The molecule has 1 aromatic carbocycles. The fraction of sp³-hybridized carbons (Fsp3) is 0.125. The molecule has 23 heavy (non-hydrogen) atoms. The summed E-state index contributed by atoms with van der Waals surface area (Å²) in [6.07, 6.45) is 0. The fourth-order valence-corrected chi connectivity index (χ4v) is 3.60. The summed E-state index contributed by atoms with van der Waals surface area (Å²) in [5.41, 5.74) is 7.53. The van der Waals surface area contributed by atoms with Gasteiger partial charge in [-0.3, -0.25) is 4.79 Å². The Bertz CT molecular complexity index is 829. The molecule has 0 aliphatic carbocycles. The van der Waals surface area contributed by atoms with E-state index in [-0.39, 0.29) is 23.4 Å². The third-order valence-electron chi connectivity index (χ3n) is 3.40. The van der Waals surface area contributed by atoms with E-state index in [1.54, 1.807) is 0 Å². The summed E-state index contributed by atoms with van der Waals surface area (Å²) < 4.78 is 5.97. The van der Waals surface area contributed by atoms with Gasteiger partial charge in [0.1, 0.15) is 11.3 Å². The van der Waals surface area contributed by atoms with Crippen molar-refractivity contribution in [3.05, 3.63) is 57.4 Å². The van der Waals surface area contributed by atoms with Gasteiger partial charge in [-0.2, -0.15) is 0 Å². The van der Waals surface area contributed by atoms with Crippen LogP contribution in [0.4, 0.5) is 5.88 Å². The number of aromatic nitrogens is 1. The van der Waals surface area contributed by atoms with E-state index in [1.807, 2.05) is 49.4 Å². The van der Waals surface area contributed by atoms with Crippen molar-refractivity contribution in [3.63, 3.8) is 0 Å². The third-order valence-corrected chi connectivity index (χ3v) is 5.03. The van der Waals surface area contributed by atoms with E-state index in [0.717, 1.165) is 14.2 Å². The number of hydrogen-bond acceptors (Lipinski definition) is 5. The number of nitrogens with one attached hydrogen (secondary N) is 1. The van der Waals surface area contributed by atoms with Gasteiger partial charge < -0.3 is 15.6 Å². The molecule has 3 N–H and O–H groups in total. The van der Waals surface area contributed by atoms with Gasteiger partial charge in [0.2, 0.25) is 5.88 Å². The minimum Gasteiger partial charge on any atom is -0.367 e. The minimum absolute atomic E-state index is 0.0160. The predicted octanol–water partition coefficient (Wildman–Crippen LogP) is 4.24. The zero-order chi connectivity index (χ0) is 16.4. The molecule has 0 spiro atoms. The highest BCUT2D eigenvalue weighted by Gasteiger charge is 2.24. The summed E-state index contributed by atoms with van der Waals surface area (Å²) in [6, 6.07) is 13.3. The van der Waals surface area contributed by atoms with Crippen molar-refractivity contribution >= 4 is 39.1 Å². The van der Waals surface area contributed by atoms with E-state index in [1.165, 1.54) is 11.3 Å². The van der Waals surface area contributed by atoms with Crippen LogP contribution in [0.3, 0.4) is 0 Å². The third kappa shape index (κ3) is 3.30. The smallest absolute Gasteiger partial charge is 0.259 e. The molecule has 0 saturated carbocycles. The van der Waals surface area contributed by atoms with Gasteiger partial charge in [-0.25, -0.2) is 0 Å². The maximum Gasteiger partial charge on any atom is 0.259 e. The Labute approximate surface area is 145 Å². The first-order valence-electron chi connectivity index (χ1n) is 6.93. The monoisotopic (exact) mass is 391 g/mol. The zero-order valence-corrected chi connectivity index (χ0v) is 14.6. The molecular weight excluding hydrogens is 378 g/mol. The van der Waals surface area contributed by atoms with Crippen molar-refractivity contribution in [2.75, 3.05) is 5.73 Å². The first-order valence-corrected chi connectivity index (χ1v) is 8.54. The molecule has 2 heterocycles. The van der Waals surface area contributed by atoms with Crippen molar-refractivity contribution in [3.8, 4) is 10.6 Å². The molecule has 1 amide bonds. The van der Waals surface area contributed by atoms with Gasteiger partial charge >= 0.3 is 0 Å². The summed E-state index contributed by atoms with van der Waals surface area (Å²) >= 11 is 4.86. The second-order valence-corrected chi connectivity index (χ2v) is 7.44. The van der Waals surface area contributed by atoms with Crippen LogP contribution in [0.1, 0.15) is 28.9 Å². The highest BCUT2D eigenvalue weighted by Crippen LogP contribution is 2.34. The number of nitrogens with two attached hydrogens (primary N) is 1. The number of hydrogen-bond donors (Lipinski definition) is 2. The quantitative estimate of drug-likeness (QED) is 0.696. The second-order valence-electron chi connectivity index (χ2n) is 4.98. The lowest BCUT2D eigenvalue weighted by atomic mass is 10.1. The van der Waals surface area contributed by atoms with E-state index in [0.29, 0.717) is 5.69 Å². The number of anilines is 1. The van der Waals surface area contributed by atoms with Gasteiger partial charge in [0.05, 0.1) is 14.7 Å². The lowest BCUT2D eigenvalue weighted by molar-refractivity contribution is 0.0941. The maximum absolute atomic E-state index is 12.6. The molecule has 1 atom stereocenters. The average Bonchev–Trinajstić information content (AvgIpc) is 3.13. The Hall–Kier alpha value is -2.12. The van der Waals surface area contributed by atoms with Gasteiger partial charge in [-0.15, -0.1) is 11.3 Å². The predicted molar refractivity (Wildman–Crippen MR) is 94.3 cm³/mol. The minimum atomic E-state index is -0.306. The lowest BCUT2D eigenvalue weighted by Crippen LogP contribution is -2.27. The molecule has 0 bridgehead atoms. The molecule has 3 aromatic rings. The summed E-state index contributed by atoms with van der Waals surface area (Å²) in [6.45, 7) is 1.92. The molecule has 0 saturated heterocycles. The maximum atomic E-state index is 12.6. The number of carbonyl (C=O) groups excluding carboxylic acids is 1. The molecule has 7 heteroatoms.